The molecule has 9 heteroatoms. The maximum Gasteiger partial charge on any atom is 0.338 e. The predicted molar refractivity (Wildman–Crippen MR) is 109 cm³/mol. The van der Waals surface area contributed by atoms with Crippen LogP contribution in [0.3, 0.4) is 0 Å². The number of nitrogens with zero attached hydrogens (tertiary/aromatic N) is 2. The number of nitrogens with one attached hydrogen (secondary N) is 1. The van der Waals surface area contributed by atoms with E-state index < -0.39 is 23.4 Å². The van der Waals surface area contributed by atoms with Gasteiger partial charge < -0.3 is 19.7 Å². The van der Waals surface area contributed by atoms with Crippen molar-refractivity contribution in [2.45, 2.75) is 13.0 Å². The van der Waals surface area contributed by atoms with E-state index in [-0.39, 0.29) is 17.3 Å². The number of nitro benzene ring substituents is 1. The second-order valence-corrected chi connectivity index (χ2v) is 6.84. The summed E-state index contributed by atoms with van der Waals surface area (Å²) in [7, 11) is 0. The van der Waals surface area contributed by atoms with Gasteiger partial charge in [-0.2, -0.15) is 0 Å². The average Bonchev–Trinajstić information content (AvgIpc) is 2.78. The monoisotopic (exact) mass is 413 g/mol. The molecule has 2 aromatic carbocycles. The highest BCUT2D eigenvalue weighted by Gasteiger charge is 2.24. The van der Waals surface area contributed by atoms with Crippen molar-refractivity contribution in [1.82, 2.24) is 5.32 Å². The molecule has 9 nitrogen and oxygen atoms in total. The molecule has 30 heavy (non-hydrogen) atoms. The molecule has 1 N–H and O–H groups in total. The fourth-order valence-electron chi connectivity index (χ4n) is 3.19. The summed E-state index contributed by atoms with van der Waals surface area (Å²) in [5.41, 5.74) is 1.18. The Hall–Kier alpha value is -3.46. The van der Waals surface area contributed by atoms with Crippen LogP contribution in [0.5, 0.6) is 0 Å². The number of hydrogen-bond donors (Lipinski definition) is 1. The summed E-state index contributed by atoms with van der Waals surface area (Å²) in [5.74, 6) is -1.26. The zero-order chi connectivity index (χ0) is 21.5. The largest absolute Gasteiger partial charge is 0.452 e. The molecule has 1 aliphatic heterocycles. The summed E-state index contributed by atoms with van der Waals surface area (Å²) in [6, 6.07) is 13.3. The first-order valence-electron chi connectivity index (χ1n) is 9.58. The molecule has 0 aliphatic carbocycles. The van der Waals surface area contributed by atoms with Crippen molar-refractivity contribution in [2.24, 2.45) is 0 Å². The van der Waals surface area contributed by atoms with Crippen molar-refractivity contribution in [1.29, 1.82) is 0 Å². The van der Waals surface area contributed by atoms with E-state index in [1.54, 1.807) is 0 Å². The first-order valence-corrected chi connectivity index (χ1v) is 9.58. The zero-order valence-electron chi connectivity index (χ0n) is 16.6. The van der Waals surface area contributed by atoms with Gasteiger partial charge in [-0.15, -0.1) is 0 Å². The number of carbonyl (C=O) groups excluding carboxylic acids is 2. The van der Waals surface area contributed by atoms with Crippen molar-refractivity contribution in [3.63, 3.8) is 0 Å². The number of rotatable bonds is 7. The molecule has 0 aromatic heterocycles. The van der Waals surface area contributed by atoms with Gasteiger partial charge in [0.1, 0.15) is 5.69 Å². The number of carbonyl (C=O) groups is 2. The predicted octanol–water partition coefficient (Wildman–Crippen LogP) is 2.47. The van der Waals surface area contributed by atoms with Gasteiger partial charge in [0.05, 0.1) is 29.7 Å². The zero-order valence-corrected chi connectivity index (χ0v) is 16.6. The second-order valence-electron chi connectivity index (χ2n) is 6.84. The number of benzene rings is 2. The normalized spacial score (nSPS) is 14.6. The van der Waals surface area contributed by atoms with Crippen LogP contribution >= 0.6 is 0 Å². The third kappa shape index (κ3) is 5.32. The Morgan fingerprint density at radius 3 is 2.57 bits per heavy atom. The molecule has 1 aliphatic rings. The number of hydrogen-bond acceptors (Lipinski definition) is 7. The van der Waals surface area contributed by atoms with Crippen molar-refractivity contribution in [3.05, 3.63) is 69.8 Å². The molecule has 3 rings (SSSR count). The fourth-order valence-corrected chi connectivity index (χ4v) is 3.19. The molecule has 1 amide bonds. The molecule has 2 aromatic rings. The van der Waals surface area contributed by atoms with Crippen LogP contribution in [0.15, 0.2) is 48.5 Å². The van der Waals surface area contributed by atoms with Gasteiger partial charge in [-0.3, -0.25) is 14.9 Å². The van der Waals surface area contributed by atoms with Crippen LogP contribution in [0.4, 0.5) is 11.4 Å². The Balaban J connectivity index is 1.61. The molecular formula is C21H23N3O6. The summed E-state index contributed by atoms with van der Waals surface area (Å²) in [5, 5.41) is 14.2. The van der Waals surface area contributed by atoms with Crippen LogP contribution in [0.25, 0.3) is 0 Å². The van der Waals surface area contributed by atoms with Gasteiger partial charge in [-0.1, -0.05) is 30.3 Å². The summed E-state index contributed by atoms with van der Waals surface area (Å²) in [4.78, 5) is 37.2. The summed E-state index contributed by atoms with van der Waals surface area (Å²) >= 11 is 0. The number of esters is 1. The number of anilines is 1. The van der Waals surface area contributed by atoms with Crippen LogP contribution in [-0.2, 0) is 14.3 Å². The molecule has 0 bridgehead atoms. The van der Waals surface area contributed by atoms with Gasteiger partial charge in [0.15, 0.2) is 6.61 Å². The van der Waals surface area contributed by atoms with Crippen molar-refractivity contribution in [3.8, 4) is 0 Å². The second kappa shape index (κ2) is 9.84. The van der Waals surface area contributed by atoms with Crippen LogP contribution in [0.1, 0.15) is 28.9 Å². The lowest BCUT2D eigenvalue weighted by Crippen LogP contribution is -2.36. The van der Waals surface area contributed by atoms with E-state index in [4.69, 9.17) is 9.47 Å². The highest BCUT2D eigenvalue weighted by atomic mass is 16.6. The minimum atomic E-state index is -0.797. The minimum Gasteiger partial charge on any atom is -0.452 e. The molecule has 158 valence electrons. The number of nitro groups is 1. The van der Waals surface area contributed by atoms with Crippen LogP contribution in [0.2, 0.25) is 0 Å². The molecule has 0 radical (unpaired) electrons. The van der Waals surface area contributed by atoms with E-state index in [1.165, 1.54) is 18.2 Å². The third-order valence-electron chi connectivity index (χ3n) is 4.77. The maximum atomic E-state index is 12.3. The topological polar surface area (TPSA) is 111 Å². The van der Waals surface area contributed by atoms with Crippen molar-refractivity contribution < 1.29 is 24.0 Å². The molecule has 0 spiro atoms. The minimum absolute atomic E-state index is 0.0163. The van der Waals surface area contributed by atoms with E-state index in [0.29, 0.717) is 32.0 Å². The first-order chi connectivity index (χ1) is 14.5. The van der Waals surface area contributed by atoms with E-state index in [0.717, 1.165) is 5.56 Å². The van der Waals surface area contributed by atoms with Gasteiger partial charge in [0.2, 0.25) is 0 Å². The van der Waals surface area contributed by atoms with Gasteiger partial charge in [0, 0.05) is 19.2 Å². The molecular weight excluding hydrogens is 390 g/mol. The molecule has 0 unspecified atom stereocenters. The fraction of sp³-hybridized carbons (Fsp3) is 0.333. The lowest BCUT2D eigenvalue weighted by atomic mass is 10.1. The van der Waals surface area contributed by atoms with Gasteiger partial charge in [0.25, 0.3) is 11.6 Å². The summed E-state index contributed by atoms with van der Waals surface area (Å²) in [6.07, 6.45) is 0. The number of amides is 1. The molecule has 1 fully saturated rings. The smallest absolute Gasteiger partial charge is 0.338 e. The van der Waals surface area contributed by atoms with Crippen LogP contribution < -0.4 is 10.2 Å². The van der Waals surface area contributed by atoms with Crippen LogP contribution in [-0.4, -0.2) is 49.7 Å². The lowest BCUT2D eigenvalue weighted by molar-refractivity contribution is -0.384. The molecule has 1 atom stereocenters. The van der Waals surface area contributed by atoms with Gasteiger partial charge >= 0.3 is 5.97 Å². The molecule has 1 heterocycles. The van der Waals surface area contributed by atoms with Crippen molar-refractivity contribution >= 4 is 23.3 Å². The third-order valence-corrected chi connectivity index (χ3v) is 4.77. The summed E-state index contributed by atoms with van der Waals surface area (Å²) in [6.45, 7) is 3.38. The molecule has 1 saturated heterocycles. The Morgan fingerprint density at radius 2 is 1.90 bits per heavy atom. The SMILES string of the molecule is C[C@@H](NC(=O)COC(=O)c1ccc(N2CCOCC2)c([N+](=O)[O-])c1)c1ccccc1. The lowest BCUT2D eigenvalue weighted by Gasteiger charge is -2.28. The standard InChI is InChI=1S/C21H23N3O6/c1-15(16-5-3-2-4-6-16)22-20(25)14-30-21(26)17-7-8-18(19(13-17)24(27)28)23-9-11-29-12-10-23/h2-8,13,15H,9-12,14H2,1H3,(H,22,25)/t15-/m1/s1. The molecule has 0 saturated carbocycles. The maximum absolute atomic E-state index is 12.3. The van der Waals surface area contributed by atoms with E-state index in [1.807, 2.05) is 42.2 Å². The van der Waals surface area contributed by atoms with E-state index in [9.17, 15) is 19.7 Å². The van der Waals surface area contributed by atoms with Crippen molar-refractivity contribution in [2.75, 3.05) is 37.8 Å². The van der Waals surface area contributed by atoms with E-state index >= 15 is 0 Å². The van der Waals surface area contributed by atoms with Gasteiger partial charge in [-0.05, 0) is 24.6 Å². The number of morpholine rings is 1. The Morgan fingerprint density at radius 1 is 1.20 bits per heavy atom. The first kappa shape index (κ1) is 21.3. The summed E-state index contributed by atoms with van der Waals surface area (Å²) < 4.78 is 10.3. The Kier molecular flexibility index (Phi) is 6.97. The van der Waals surface area contributed by atoms with Crippen LogP contribution in [0, 0.1) is 10.1 Å². The Bertz CT molecular complexity index is 912. The highest BCUT2D eigenvalue weighted by Crippen LogP contribution is 2.30. The highest BCUT2D eigenvalue weighted by molar-refractivity contribution is 5.93. The number of ether oxygens (including phenoxy) is 2. The Labute approximate surface area is 173 Å². The average molecular weight is 413 g/mol. The quantitative estimate of drug-likeness (QED) is 0.422. The van der Waals surface area contributed by atoms with Gasteiger partial charge in [-0.25, -0.2) is 4.79 Å². The van der Waals surface area contributed by atoms with E-state index in [2.05, 4.69) is 5.32 Å².